The zero-order valence-corrected chi connectivity index (χ0v) is 9.38. The molecule has 0 unspecified atom stereocenters. The molecule has 5 nitrogen and oxygen atoms in total. The second-order valence-corrected chi connectivity index (χ2v) is 4.00. The second kappa shape index (κ2) is 5.09. The largest absolute Gasteiger partial charge is 0.369 e. The van der Waals surface area contributed by atoms with Gasteiger partial charge in [0, 0.05) is 44.0 Å². The zero-order valence-electron chi connectivity index (χ0n) is 9.38. The number of hydrogen-bond acceptors (Lipinski definition) is 4. The highest BCUT2D eigenvalue weighted by atomic mass is 19.1. The lowest BCUT2D eigenvalue weighted by Gasteiger charge is -2.34. The molecular weight excluding hydrogens is 225 g/mol. The molecule has 0 spiro atoms. The maximum absolute atomic E-state index is 12.4. The molecule has 1 aromatic carbocycles. The number of nitrogens with zero attached hydrogens (tertiary/aromatic N) is 3. The van der Waals surface area contributed by atoms with Gasteiger partial charge in [0.25, 0.3) is 5.69 Å². The molecule has 0 bridgehead atoms. The quantitative estimate of drug-likeness (QED) is 0.457. The molecule has 1 heterocycles. The van der Waals surface area contributed by atoms with Gasteiger partial charge in [0.1, 0.15) is 6.80 Å². The molecule has 1 aliphatic rings. The summed E-state index contributed by atoms with van der Waals surface area (Å²) in [4.78, 5) is 13.9. The van der Waals surface area contributed by atoms with Crippen LogP contribution in [0.15, 0.2) is 24.3 Å². The van der Waals surface area contributed by atoms with Crippen LogP contribution in [0, 0.1) is 10.1 Å². The summed E-state index contributed by atoms with van der Waals surface area (Å²) in [6.07, 6.45) is 0. The lowest BCUT2D eigenvalue weighted by atomic mass is 10.2. The van der Waals surface area contributed by atoms with Crippen molar-refractivity contribution in [3.05, 3.63) is 34.4 Å². The summed E-state index contributed by atoms with van der Waals surface area (Å²) in [5.74, 6) is 0. The number of nitro groups is 1. The van der Waals surface area contributed by atoms with E-state index >= 15 is 0 Å². The number of non-ortho nitro benzene ring substituents is 1. The second-order valence-electron chi connectivity index (χ2n) is 4.00. The highest BCUT2D eigenvalue weighted by Gasteiger charge is 2.17. The van der Waals surface area contributed by atoms with Crippen LogP contribution < -0.4 is 4.90 Å². The number of rotatable bonds is 3. The maximum atomic E-state index is 12.4. The number of hydrogen-bond donors (Lipinski definition) is 0. The van der Waals surface area contributed by atoms with Crippen LogP contribution >= 0.6 is 0 Å². The van der Waals surface area contributed by atoms with Gasteiger partial charge in [-0.3, -0.25) is 15.0 Å². The summed E-state index contributed by atoms with van der Waals surface area (Å²) in [5.41, 5.74) is 1.05. The predicted molar refractivity (Wildman–Crippen MR) is 62.9 cm³/mol. The van der Waals surface area contributed by atoms with Gasteiger partial charge in [-0.05, 0) is 12.1 Å². The van der Waals surface area contributed by atoms with E-state index in [1.54, 1.807) is 17.0 Å². The molecule has 0 N–H and O–H groups in total. The lowest BCUT2D eigenvalue weighted by molar-refractivity contribution is -0.384. The van der Waals surface area contributed by atoms with Crippen LogP contribution in [-0.4, -0.2) is 42.8 Å². The fourth-order valence-electron chi connectivity index (χ4n) is 1.91. The SMILES string of the molecule is O=[N+]([O-])c1ccc(N2CCN(CF)CC2)cc1. The summed E-state index contributed by atoms with van der Waals surface area (Å²) >= 11 is 0. The Hall–Kier alpha value is -1.69. The molecular formula is C11H14FN3O2. The Morgan fingerprint density at radius 1 is 1.18 bits per heavy atom. The summed E-state index contributed by atoms with van der Waals surface area (Å²) in [6, 6.07) is 6.47. The third-order valence-corrected chi connectivity index (χ3v) is 2.97. The Balaban J connectivity index is 2.01. The van der Waals surface area contributed by atoms with Gasteiger partial charge in [-0.15, -0.1) is 0 Å². The van der Waals surface area contributed by atoms with Crippen LogP contribution in [0.1, 0.15) is 0 Å². The summed E-state index contributed by atoms with van der Waals surface area (Å²) in [5, 5.41) is 10.5. The standard InChI is InChI=1S/C11H14FN3O2/c12-9-13-5-7-14(8-6-13)10-1-3-11(4-2-10)15(16)17/h1-4H,5-9H2. The average molecular weight is 239 g/mol. The van der Waals surface area contributed by atoms with Crippen molar-refractivity contribution >= 4 is 11.4 Å². The third-order valence-electron chi connectivity index (χ3n) is 2.97. The van der Waals surface area contributed by atoms with E-state index in [1.165, 1.54) is 12.1 Å². The van der Waals surface area contributed by atoms with E-state index in [0.717, 1.165) is 18.8 Å². The van der Waals surface area contributed by atoms with Crippen LogP contribution in [0.5, 0.6) is 0 Å². The van der Waals surface area contributed by atoms with E-state index in [9.17, 15) is 14.5 Å². The molecule has 0 radical (unpaired) electrons. The van der Waals surface area contributed by atoms with Crippen molar-refractivity contribution in [2.75, 3.05) is 37.9 Å². The first-order valence-electron chi connectivity index (χ1n) is 5.48. The molecule has 0 saturated carbocycles. The summed E-state index contributed by atoms with van der Waals surface area (Å²) in [6.45, 7) is 2.47. The molecule has 0 atom stereocenters. The number of halogens is 1. The van der Waals surface area contributed by atoms with Crippen molar-refractivity contribution in [1.82, 2.24) is 4.90 Å². The Bertz CT molecular complexity index is 388. The molecule has 1 aliphatic heterocycles. The van der Waals surface area contributed by atoms with Crippen molar-refractivity contribution in [1.29, 1.82) is 0 Å². The van der Waals surface area contributed by atoms with Gasteiger partial charge >= 0.3 is 0 Å². The fraction of sp³-hybridized carbons (Fsp3) is 0.455. The van der Waals surface area contributed by atoms with Gasteiger partial charge < -0.3 is 4.90 Å². The molecule has 1 aromatic rings. The molecule has 0 amide bonds. The Morgan fingerprint density at radius 3 is 2.24 bits per heavy atom. The van der Waals surface area contributed by atoms with Gasteiger partial charge in [-0.2, -0.15) is 0 Å². The Kier molecular flexibility index (Phi) is 3.53. The number of piperazine rings is 1. The normalized spacial score (nSPS) is 17.1. The molecule has 1 saturated heterocycles. The Labute approximate surface area is 98.6 Å². The smallest absolute Gasteiger partial charge is 0.269 e. The van der Waals surface area contributed by atoms with E-state index in [0.29, 0.717) is 13.1 Å². The Morgan fingerprint density at radius 2 is 1.76 bits per heavy atom. The van der Waals surface area contributed by atoms with Crippen LogP contribution in [0.3, 0.4) is 0 Å². The van der Waals surface area contributed by atoms with Crippen LogP contribution in [0.25, 0.3) is 0 Å². The molecule has 6 heteroatoms. The molecule has 2 rings (SSSR count). The number of nitro benzene ring substituents is 1. The fourth-order valence-corrected chi connectivity index (χ4v) is 1.91. The summed E-state index contributed by atoms with van der Waals surface area (Å²) < 4.78 is 12.4. The van der Waals surface area contributed by atoms with Gasteiger partial charge in [-0.1, -0.05) is 0 Å². The number of benzene rings is 1. The van der Waals surface area contributed by atoms with Crippen LogP contribution in [0.4, 0.5) is 15.8 Å². The van der Waals surface area contributed by atoms with Crippen LogP contribution in [-0.2, 0) is 0 Å². The van der Waals surface area contributed by atoms with E-state index < -0.39 is 11.7 Å². The third kappa shape index (κ3) is 2.71. The van der Waals surface area contributed by atoms with Crippen molar-refractivity contribution in [2.45, 2.75) is 0 Å². The molecule has 17 heavy (non-hydrogen) atoms. The van der Waals surface area contributed by atoms with Crippen molar-refractivity contribution in [3.8, 4) is 0 Å². The topological polar surface area (TPSA) is 49.6 Å². The van der Waals surface area contributed by atoms with Crippen molar-refractivity contribution < 1.29 is 9.31 Å². The molecule has 92 valence electrons. The van der Waals surface area contributed by atoms with E-state index in [4.69, 9.17) is 0 Å². The highest BCUT2D eigenvalue weighted by molar-refractivity contribution is 5.51. The van der Waals surface area contributed by atoms with Gasteiger partial charge in [0.15, 0.2) is 0 Å². The van der Waals surface area contributed by atoms with E-state index in [1.807, 2.05) is 0 Å². The zero-order chi connectivity index (χ0) is 12.3. The lowest BCUT2D eigenvalue weighted by Crippen LogP contribution is -2.45. The van der Waals surface area contributed by atoms with Gasteiger partial charge in [0.05, 0.1) is 4.92 Å². The van der Waals surface area contributed by atoms with Crippen molar-refractivity contribution in [2.24, 2.45) is 0 Å². The van der Waals surface area contributed by atoms with Gasteiger partial charge in [0.2, 0.25) is 0 Å². The predicted octanol–water partition coefficient (Wildman–Crippen LogP) is 1.64. The molecule has 0 aliphatic carbocycles. The monoisotopic (exact) mass is 239 g/mol. The van der Waals surface area contributed by atoms with Crippen LogP contribution in [0.2, 0.25) is 0 Å². The van der Waals surface area contributed by atoms with Gasteiger partial charge in [-0.25, -0.2) is 4.39 Å². The minimum Gasteiger partial charge on any atom is -0.369 e. The molecule has 1 fully saturated rings. The molecule has 0 aromatic heterocycles. The number of alkyl halides is 1. The van der Waals surface area contributed by atoms with E-state index in [-0.39, 0.29) is 5.69 Å². The minimum atomic E-state index is -0.412. The first-order valence-corrected chi connectivity index (χ1v) is 5.48. The summed E-state index contributed by atoms with van der Waals surface area (Å²) in [7, 11) is 0. The average Bonchev–Trinajstić information content (AvgIpc) is 2.39. The minimum absolute atomic E-state index is 0.0937. The number of anilines is 1. The van der Waals surface area contributed by atoms with E-state index in [2.05, 4.69) is 4.90 Å². The first-order chi connectivity index (χ1) is 8.20. The first kappa shape index (κ1) is 11.8. The highest BCUT2D eigenvalue weighted by Crippen LogP contribution is 2.20. The van der Waals surface area contributed by atoms with Crippen molar-refractivity contribution in [3.63, 3.8) is 0 Å². The maximum Gasteiger partial charge on any atom is 0.269 e.